The van der Waals surface area contributed by atoms with E-state index in [1.807, 2.05) is 0 Å². The van der Waals surface area contributed by atoms with Crippen molar-refractivity contribution in [1.29, 1.82) is 0 Å². The third-order valence-electron chi connectivity index (χ3n) is 11.4. The molecule has 2 aliphatic carbocycles. The number of anilines is 10. The molecule has 7 aromatic rings. The second kappa shape index (κ2) is 22.8. The van der Waals surface area contributed by atoms with Gasteiger partial charge in [0, 0.05) is 11.4 Å². The number of hydrogen-bond acceptors (Lipinski definition) is 28. The number of rotatable bonds is 18. The maximum absolute atomic E-state index is 14.2. The average Bonchev–Trinajstić information content (AvgIpc) is 0.810. The third-order valence-corrected chi connectivity index (χ3v) is 16.9. The van der Waals surface area contributed by atoms with Gasteiger partial charge in [-0.05, 0) is 119 Å². The van der Waals surface area contributed by atoms with Crippen LogP contribution < -0.4 is 32.1 Å². The first-order chi connectivity index (χ1) is 40.0. The summed E-state index contributed by atoms with van der Waals surface area (Å²) in [6.07, 6.45) is 1.23. The van der Waals surface area contributed by atoms with Crippen molar-refractivity contribution in [3.8, 4) is 0 Å². The largest absolute Gasteiger partial charge is 0.324 e. The van der Waals surface area contributed by atoms with Crippen LogP contribution in [0.2, 0.25) is 10.6 Å². The molecule has 86 heavy (non-hydrogen) atoms. The van der Waals surface area contributed by atoms with E-state index in [2.05, 4.69) is 72.2 Å². The van der Waals surface area contributed by atoms with Crippen molar-refractivity contribution >= 4 is 177 Å². The molecular formula is C44H30Cl2N14O20S6. The summed E-state index contributed by atoms with van der Waals surface area (Å²) >= 11 is 12.5. The van der Waals surface area contributed by atoms with E-state index in [-0.39, 0.29) is 23.3 Å². The zero-order valence-corrected chi connectivity index (χ0v) is 48.0. The molecular weight excluding hydrogens is 1310 g/mol. The maximum Gasteiger partial charge on any atom is 0.296 e. The van der Waals surface area contributed by atoms with Crippen molar-refractivity contribution < 1.29 is 87.4 Å². The fourth-order valence-corrected chi connectivity index (χ4v) is 11.9. The minimum absolute atomic E-state index is 0.215. The van der Waals surface area contributed by atoms with Gasteiger partial charge in [-0.15, -0.1) is 0 Å². The van der Waals surface area contributed by atoms with Crippen molar-refractivity contribution in [2.24, 2.45) is 10.2 Å². The number of allylic oxidation sites excluding steroid dienone is 2. The summed E-state index contributed by atoms with van der Waals surface area (Å²) in [5, 5.41) is 17.1. The Hall–Kier alpha value is -8.88. The van der Waals surface area contributed by atoms with E-state index >= 15 is 0 Å². The molecule has 0 unspecified atom stereocenters. The Balaban J connectivity index is 0.981. The molecule has 9 rings (SSSR count). The minimum Gasteiger partial charge on any atom is -0.324 e. The van der Waals surface area contributed by atoms with Gasteiger partial charge in [-0.25, -0.2) is 0 Å². The molecule has 42 heteroatoms. The second-order valence-corrected chi connectivity index (χ2v) is 26.2. The molecule has 0 amide bonds. The van der Waals surface area contributed by atoms with Crippen LogP contribution in [-0.4, -0.2) is 131 Å². The molecule has 0 bridgehead atoms. The van der Waals surface area contributed by atoms with Gasteiger partial charge in [0.05, 0.1) is 43.7 Å². The lowest BCUT2D eigenvalue weighted by Gasteiger charge is -2.20. The van der Waals surface area contributed by atoms with Crippen LogP contribution in [0, 0.1) is 0 Å². The normalized spacial score (nSPS) is 14.8. The molecule has 0 fully saturated rings. The summed E-state index contributed by atoms with van der Waals surface area (Å²) in [6, 6.07) is 17.5. The summed E-state index contributed by atoms with van der Waals surface area (Å²) in [6.45, 7) is 0. The Morgan fingerprint density at radius 2 is 0.709 bits per heavy atom. The van der Waals surface area contributed by atoms with Gasteiger partial charge in [-0.2, -0.15) is 90.6 Å². The van der Waals surface area contributed by atoms with Crippen LogP contribution in [0.5, 0.6) is 0 Å². The third kappa shape index (κ3) is 13.8. The molecule has 12 N–H and O–H groups in total. The first kappa shape index (κ1) is 61.7. The van der Waals surface area contributed by atoms with E-state index < -0.39 is 181 Å². The zero-order chi connectivity index (χ0) is 62.6. The Kier molecular flexibility index (Phi) is 16.4. The first-order valence-corrected chi connectivity index (χ1v) is 32.0. The smallest absolute Gasteiger partial charge is 0.296 e. The molecule has 5 aromatic carbocycles. The van der Waals surface area contributed by atoms with Crippen molar-refractivity contribution in [2.45, 2.75) is 19.6 Å². The van der Waals surface area contributed by atoms with Crippen LogP contribution >= 0.6 is 23.2 Å². The van der Waals surface area contributed by atoms with Gasteiger partial charge in [0.1, 0.15) is 19.6 Å². The summed E-state index contributed by atoms with van der Waals surface area (Å²) < 4.78 is 208. The number of para-hydroxylation sites is 2. The highest BCUT2D eigenvalue weighted by Gasteiger charge is 2.38. The van der Waals surface area contributed by atoms with Crippen molar-refractivity contribution in [3.63, 3.8) is 0 Å². The Labute approximate surface area is 492 Å². The van der Waals surface area contributed by atoms with Crippen LogP contribution in [0.25, 0.3) is 12.2 Å². The Bertz CT molecular complexity index is 4650. The molecule has 2 heterocycles. The van der Waals surface area contributed by atoms with Crippen LogP contribution in [0.15, 0.2) is 137 Å². The molecule has 0 atom stereocenters. The monoisotopic (exact) mass is 1340 g/mol. The number of carbonyl (C=O) groups excluding carboxylic acids is 2. The number of carbonyl (C=O) groups is 2. The number of nitrogens with one attached hydrogen (secondary N) is 6. The number of nitrogens with zero attached hydrogens (tertiary/aromatic N) is 8. The van der Waals surface area contributed by atoms with Crippen molar-refractivity contribution in [3.05, 3.63) is 140 Å². The quantitative estimate of drug-likeness (QED) is 0.0392. The van der Waals surface area contributed by atoms with Crippen molar-refractivity contribution in [1.82, 2.24) is 29.9 Å². The minimum atomic E-state index is -5.40. The molecule has 0 saturated carbocycles. The number of Topliss-reactive ketones (excluding diaryl/α,β-unsaturated/α-hetero) is 2. The molecule has 0 aliphatic heterocycles. The zero-order valence-electron chi connectivity index (χ0n) is 41.6. The van der Waals surface area contributed by atoms with E-state index in [1.165, 1.54) is 48.5 Å². The van der Waals surface area contributed by atoms with E-state index in [0.717, 1.165) is 36.4 Å². The van der Waals surface area contributed by atoms with E-state index in [0.29, 0.717) is 24.3 Å². The summed E-state index contributed by atoms with van der Waals surface area (Å²) in [5.41, 5.74) is -1.62. The standard InChI is InChI=1S/C44H30Cl2N14O20S6/c45-39-51-41(55-43(53-39)49-27-17-23(81(63,64)65)13-19-15-31(85(75,76)77)35(37(61)33(19)27)59-57-25-5-1-3-7-29(25)83(69,70)71)47-21-9-11-22(12-10-21)48-42-52-40(46)54-44(56-42)50-28-18-24(82(66,67)68)14-20-16-32(86(78,79)80)36(38(62)34(20)28)60-58-26-6-2-4-8-30(26)84(72,73)74/h1-18,57-58H,(H,63,64,65)(H,66,67,68)(H,69,70,71)(H,72,73,74)(H,75,76,77)(H,78,79,80)(H2,47,49,51,53,55)(H2,48,50,52,54,56)/b59-35-,60-36+. The van der Waals surface area contributed by atoms with Gasteiger partial charge in [-0.1, -0.05) is 24.3 Å². The highest BCUT2D eigenvalue weighted by atomic mass is 35.5. The lowest BCUT2D eigenvalue weighted by atomic mass is 9.93. The van der Waals surface area contributed by atoms with Crippen LogP contribution in [0.3, 0.4) is 0 Å². The molecule has 2 aliphatic rings. The second-order valence-electron chi connectivity index (χ2n) is 17.1. The van der Waals surface area contributed by atoms with E-state index in [4.69, 9.17) is 23.2 Å². The van der Waals surface area contributed by atoms with Gasteiger partial charge in [0.15, 0.2) is 11.4 Å². The number of hydrazone groups is 2. The number of benzene rings is 5. The molecule has 34 nitrogen and oxygen atoms in total. The number of aromatic nitrogens is 6. The van der Waals surface area contributed by atoms with Gasteiger partial charge in [0.2, 0.25) is 45.9 Å². The van der Waals surface area contributed by atoms with E-state index in [9.17, 15) is 87.4 Å². The lowest BCUT2D eigenvalue weighted by molar-refractivity contribution is 0.105. The lowest BCUT2D eigenvalue weighted by Crippen LogP contribution is -2.28. The maximum atomic E-state index is 14.2. The van der Waals surface area contributed by atoms with Gasteiger partial charge >= 0.3 is 0 Å². The number of fused-ring (bicyclic) bond motifs is 2. The molecule has 2 aromatic heterocycles. The predicted molar refractivity (Wildman–Crippen MR) is 304 cm³/mol. The molecule has 0 radical (unpaired) electrons. The summed E-state index contributed by atoms with van der Waals surface area (Å²) in [5.74, 6) is -4.39. The number of ketones is 2. The van der Waals surface area contributed by atoms with Crippen molar-refractivity contribution in [2.75, 3.05) is 32.1 Å². The molecule has 446 valence electrons. The Morgan fingerprint density at radius 3 is 1.02 bits per heavy atom. The highest BCUT2D eigenvalue weighted by molar-refractivity contribution is 7.91. The fraction of sp³-hybridized carbons (Fsp3) is 0. The number of halogens is 2. The van der Waals surface area contributed by atoms with Gasteiger partial charge < -0.3 is 21.3 Å². The SMILES string of the molecule is O=C1/C(=N/Nc2ccccc2S(=O)(=O)O)C(S(=O)(=O)O)=Cc2cc(S(=O)(=O)O)cc(Nc3nc(Cl)nc(Nc4ccc(Nc5nc(Cl)nc(Nc6cc(S(=O)(=O)O)cc7c6C(=O)/C(=N\Nc6ccccc6S(=O)(=O)O)C(S(=O)(=O)O)=C7)n5)cc4)n3)c21. The molecule has 0 saturated heterocycles. The summed E-state index contributed by atoms with van der Waals surface area (Å²) in [7, 11) is -30.9. The van der Waals surface area contributed by atoms with Crippen LogP contribution in [0.1, 0.15) is 31.8 Å². The molecule has 0 spiro atoms. The Morgan fingerprint density at radius 1 is 0.384 bits per heavy atom. The van der Waals surface area contributed by atoms with Crippen LogP contribution in [0.4, 0.5) is 57.9 Å². The first-order valence-electron chi connectivity index (χ1n) is 22.6. The van der Waals surface area contributed by atoms with Gasteiger partial charge in [-0.3, -0.25) is 47.8 Å². The average molecular weight is 1340 g/mol. The topological polar surface area (TPSA) is 535 Å². The number of hydrogen-bond donors (Lipinski definition) is 12. The predicted octanol–water partition coefficient (Wildman–Crippen LogP) is 5.11. The van der Waals surface area contributed by atoms with Gasteiger partial charge in [0.25, 0.3) is 60.7 Å². The van der Waals surface area contributed by atoms with Crippen LogP contribution in [-0.2, 0) is 60.7 Å². The highest BCUT2D eigenvalue weighted by Crippen LogP contribution is 2.38. The van der Waals surface area contributed by atoms with E-state index in [1.54, 1.807) is 0 Å². The fourth-order valence-electron chi connectivity index (χ4n) is 7.85. The summed E-state index contributed by atoms with van der Waals surface area (Å²) in [4.78, 5) is 46.8.